The van der Waals surface area contributed by atoms with E-state index in [0.717, 1.165) is 12.8 Å². The summed E-state index contributed by atoms with van der Waals surface area (Å²) >= 11 is 0. The van der Waals surface area contributed by atoms with Crippen molar-refractivity contribution in [1.29, 1.82) is 0 Å². The van der Waals surface area contributed by atoms with Crippen molar-refractivity contribution in [2.24, 2.45) is 0 Å². The molecule has 0 aromatic heterocycles. The number of nitrogen functional groups attached to an aromatic ring is 1. The number of hydrogen-bond donors (Lipinski definition) is 2. The second kappa shape index (κ2) is 3.68. The lowest BCUT2D eigenvalue weighted by molar-refractivity contribution is 0.504. The number of benzene rings is 1. The number of rotatable bonds is 3. The molecule has 2 nitrogen and oxygen atoms in total. The summed E-state index contributed by atoms with van der Waals surface area (Å²) in [6.45, 7) is 1.80. The first-order chi connectivity index (χ1) is 7.13. The van der Waals surface area contributed by atoms with Gasteiger partial charge in [0.1, 0.15) is 0 Å². The summed E-state index contributed by atoms with van der Waals surface area (Å²) in [6, 6.07) is 1.88. The lowest BCUT2D eigenvalue weighted by Crippen LogP contribution is -2.08. The standard InChI is InChI=1S/C11H14F2N2/c1-2-7-9(15-6-3-4-6)5-8(14)11(13)10(7)12/h5-6,15H,2-4,14H2,1H3. The lowest BCUT2D eigenvalue weighted by Gasteiger charge is -2.13. The molecule has 1 saturated carbocycles. The maximum absolute atomic E-state index is 13.5. The molecule has 0 saturated heterocycles. The van der Waals surface area contributed by atoms with Crippen LogP contribution in [0.15, 0.2) is 6.07 Å². The van der Waals surface area contributed by atoms with Gasteiger partial charge in [-0.15, -0.1) is 0 Å². The maximum atomic E-state index is 13.5. The molecule has 0 spiro atoms. The van der Waals surface area contributed by atoms with E-state index in [2.05, 4.69) is 5.32 Å². The molecule has 0 amide bonds. The van der Waals surface area contributed by atoms with Crippen molar-refractivity contribution in [1.82, 2.24) is 0 Å². The van der Waals surface area contributed by atoms with Crippen molar-refractivity contribution in [3.8, 4) is 0 Å². The van der Waals surface area contributed by atoms with Gasteiger partial charge in [-0.2, -0.15) is 0 Å². The van der Waals surface area contributed by atoms with Gasteiger partial charge in [0.05, 0.1) is 5.69 Å². The lowest BCUT2D eigenvalue weighted by atomic mass is 10.1. The molecule has 0 aliphatic heterocycles. The molecule has 1 aromatic rings. The molecule has 2 rings (SSSR count). The summed E-state index contributed by atoms with van der Waals surface area (Å²) < 4.78 is 26.7. The molecular formula is C11H14F2N2. The Morgan fingerprint density at radius 3 is 2.60 bits per heavy atom. The van der Waals surface area contributed by atoms with E-state index in [1.807, 2.05) is 0 Å². The molecule has 0 unspecified atom stereocenters. The van der Waals surface area contributed by atoms with Crippen molar-refractivity contribution in [3.05, 3.63) is 23.3 Å². The second-order valence-corrected chi connectivity index (χ2v) is 3.89. The fourth-order valence-corrected chi connectivity index (χ4v) is 1.61. The normalized spacial score (nSPS) is 15.4. The predicted octanol–water partition coefficient (Wildman–Crippen LogP) is 2.68. The van der Waals surface area contributed by atoms with E-state index in [9.17, 15) is 8.78 Å². The third kappa shape index (κ3) is 1.89. The largest absolute Gasteiger partial charge is 0.396 e. The summed E-state index contributed by atoms with van der Waals surface area (Å²) in [5, 5.41) is 3.16. The molecule has 1 aromatic carbocycles. The summed E-state index contributed by atoms with van der Waals surface area (Å²) in [5.41, 5.74) is 6.27. The summed E-state index contributed by atoms with van der Waals surface area (Å²) in [7, 11) is 0. The molecule has 82 valence electrons. The first-order valence-electron chi connectivity index (χ1n) is 5.16. The van der Waals surface area contributed by atoms with Gasteiger partial charge >= 0.3 is 0 Å². The van der Waals surface area contributed by atoms with Gasteiger partial charge in [-0.25, -0.2) is 8.78 Å². The minimum Gasteiger partial charge on any atom is -0.396 e. The third-order valence-electron chi connectivity index (χ3n) is 2.63. The Morgan fingerprint density at radius 1 is 1.40 bits per heavy atom. The number of nitrogens with one attached hydrogen (secondary N) is 1. The van der Waals surface area contributed by atoms with Crippen LogP contribution >= 0.6 is 0 Å². The van der Waals surface area contributed by atoms with Crippen LogP contribution < -0.4 is 11.1 Å². The summed E-state index contributed by atoms with van der Waals surface area (Å²) in [6.07, 6.45) is 2.63. The van der Waals surface area contributed by atoms with E-state index in [1.54, 1.807) is 6.92 Å². The zero-order valence-corrected chi connectivity index (χ0v) is 8.61. The average Bonchev–Trinajstić information content (AvgIpc) is 2.99. The van der Waals surface area contributed by atoms with Crippen LogP contribution in [0, 0.1) is 11.6 Å². The first-order valence-corrected chi connectivity index (χ1v) is 5.16. The Bertz CT molecular complexity index is 387. The third-order valence-corrected chi connectivity index (χ3v) is 2.63. The van der Waals surface area contributed by atoms with Gasteiger partial charge in [0, 0.05) is 17.3 Å². The van der Waals surface area contributed by atoms with Crippen LogP contribution in [0.2, 0.25) is 0 Å². The molecule has 0 bridgehead atoms. The number of anilines is 2. The van der Waals surface area contributed by atoms with Gasteiger partial charge in [-0.1, -0.05) is 6.92 Å². The van der Waals surface area contributed by atoms with E-state index in [1.165, 1.54) is 6.07 Å². The molecular weight excluding hydrogens is 198 g/mol. The maximum Gasteiger partial charge on any atom is 0.182 e. The van der Waals surface area contributed by atoms with Crippen molar-refractivity contribution in [2.75, 3.05) is 11.1 Å². The highest BCUT2D eigenvalue weighted by molar-refractivity contribution is 5.62. The molecule has 1 aliphatic rings. The SMILES string of the molecule is CCc1c(NC2CC2)cc(N)c(F)c1F. The molecule has 1 aliphatic carbocycles. The Morgan fingerprint density at radius 2 is 2.07 bits per heavy atom. The van der Waals surface area contributed by atoms with Crippen molar-refractivity contribution in [3.63, 3.8) is 0 Å². The van der Waals surface area contributed by atoms with Crippen molar-refractivity contribution >= 4 is 11.4 Å². The first kappa shape index (κ1) is 10.2. The molecule has 0 radical (unpaired) electrons. The number of halogens is 2. The van der Waals surface area contributed by atoms with Crippen LogP contribution in [0.4, 0.5) is 20.2 Å². The minimum absolute atomic E-state index is 0.132. The topological polar surface area (TPSA) is 38.0 Å². The van der Waals surface area contributed by atoms with Crippen LogP contribution in [0.5, 0.6) is 0 Å². The zero-order chi connectivity index (χ0) is 11.0. The quantitative estimate of drug-likeness (QED) is 0.756. The van der Waals surface area contributed by atoms with Gasteiger partial charge in [-0.3, -0.25) is 0 Å². The molecule has 1 fully saturated rings. The van der Waals surface area contributed by atoms with Crippen LogP contribution in [0.3, 0.4) is 0 Å². The molecule has 0 heterocycles. The highest BCUT2D eigenvalue weighted by Gasteiger charge is 2.24. The van der Waals surface area contributed by atoms with E-state index in [4.69, 9.17) is 5.73 Å². The van der Waals surface area contributed by atoms with Gasteiger partial charge in [-0.05, 0) is 25.3 Å². The Labute approximate surface area is 87.5 Å². The second-order valence-electron chi connectivity index (χ2n) is 3.89. The fraction of sp³-hybridized carbons (Fsp3) is 0.455. The number of nitrogens with two attached hydrogens (primary N) is 1. The summed E-state index contributed by atoms with van der Waals surface area (Å²) in [5.74, 6) is -1.76. The molecule has 15 heavy (non-hydrogen) atoms. The van der Waals surface area contributed by atoms with Gasteiger partial charge < -0.3 is 11.1 Å². The van der Waals surface area contributed by atoms with Crippen molar-refractivity contribution < 1.29 is 8.78 Å². The Hall–Kier alpha value is -1.32. The van der Waals surface area contributed by atoms with E-state index in [-0.39, 0.29) is 5.69 Å². The van der Waals surface area contributed by atoms with Gasteiger partial charge in [0.15, 0.2) is 11.6 Å². The van der Waals surface area contributed by atoms with Crippen molar-refractivity contribution in [2.45, 2.75) is 32.2 Å². The van der Waals surface area contributed by atoms with E-state index >= 15 is 0 Å². The van der Waals surface area contributed by atoms with Gasteiger partial charge in [0.2, 0.25) is 0 Å². The highest BCUT2D eigenvalue weighted by atomic mass is 19.2. The van der Waals surface area contributed by atoms with Crippen LogP contribution in [0.25, 0.3) is 0 Å². The zero-order valence-electron chi connectivity index (χ0n) is 8.61. The predicted molar refractivity (Wildman–Crippen MR) is 56.8 cm³/mol. The van der Waals surface area contributed by atoms with E-state index in [0.29, 0.717) is 23.7 Å². The molecule has 3 N–H and O–H groups in total. The molecule has 0 atom stereocenters. The van der Waals surface area contributed by atoms with Gasteiger partial charge in [0.25, 0.3) is 0 Å². The Kier molecular flexibility index (Phi) is 2.50. The van der Waals surface area contributed by atoms with Crippen LogP contribution in [-0.4, -0.2) is 6.04 Å². The highest BCUT2D eigenvalue weighted by Crippen LogP contribution is 2.31. The molecule has 4 heteroatoms. The summed E-state index contributed by atoms with van der Waals surface area (Å²) in [4.78, 5) is 0. The minimum atomic E-state index is -0.937. The average molecular weight is 212 g/mol. The van der Waals surface area contributed by atoms with Crippen LogP contribution in [-0.2, 0) is 6.42 Å². The fourth-order valence-electron chi connectivity index (χ4n) is 1.61. The van der Waals surface area contributed by atoms with Crippen LogP contribution in [0.1, 0.15) is 25.3 Å². The monoisotopic (exact) mass is 212 g/mol. The van der Waals surface area contributed by atoms with E-state index < -0.39 is 11.6 Å². The smallest absolute Gasteiger partial charge is 0.182 e. The Balaban J connectivity index is 2.41. The number of hydrogen-bond acceptors (Lipinski definition) is 2.